The lowest BCUT2D eigenvalue weighted by molar-refractivity contribution is -0.130. The number of methoxy groups -OCH3 is 2. The predicted octanol–water partition coefficient (Wildman–Crippen LogP) is 2.17. The number of carbonyl (C=O) groups excluding carboxylic acids is 1. The number of amides is 1. The van der Waals surface area contributed by atoms with Gasteiger partial charge in [-0.3, -0.25) is 4.79 Å². The molecular weight excluding hydrogens is 387 g/mol. The van der Waals surface area contributed by atoms with Gasteiger partial charge in [-0.15, -0.1) is 0 Å². The van der Waals surface area contributed by atoms with E-state index in [-0.39, 0.29) is 29.6 Å². The normalized spacial score (nSPS) is 11.1. The van der Waals surface area contributed by atoms with Crippen LogP contribution in [0.1, 0.15) is 12.0 Å². The summed E-state index contributed by atoms with van der Waals surface area (Å²) in [5.74, 6) is 0.126. The van der Waals surface area contributed by atoms with Crippen molar-refractivity contribution in [2.24, 2.45) is 0 Å². The highest BCUT2D eigenvalue weighted by atomic mass is 32.2. The SMILES string of the molecule is COc1ccc(S(=O)(=O)NCCC(=O)N(C)Cc2ccc(F)cc2)cc1OC. The summed E-state index contributed by atoms with van der Waals surface area (Å²) >= 11 is 0. The maximum absolute atomic E-state index is 12.9. The fraction of sp³-hybridized carbons (Fsp3) is 0.316. The van der Waals surface area contributed by atoms with E-state index in [4.69, 9.17) is 9.47 Å². The van der Waals surface area contributed by atoms with E-state index in [0.29, 0.717) is 18.0 Å². The van der Waals surface area contributed by atoms with Crippen LogP contribution in [0.4, 0.5) is 4.39 Å². The van der Waals surface area contributed by atoms with Gasteiger partial charge in [0.2, 0.25) is 15.9 Å². The van der Waals surface area contributed by atoms with Crippen LogP contribution >= 0.6 is 0 Å². The summed E-state index contributed by atoms with van der Waals surface area (Å²) in [7, 11) is 0.676. The molecule has 1 amide bonds. The van der Waals surface area contributed by atoms with Crippen LogP contribution < -0.4 is 14.2 Å². The van der Waals surface area contributed by atoms with E-state index in [9.17, 15) is 17.6 Å². The van der Waals surface area contributed by atoms with E-state index in [0.717, 1.165) is 5.56 Å². The number of nitrogens with zero attached hydrogens (tertiary/aromatic N) is 1. The van der Waals surface area contributed by atoms with Crippen molar-refractivity contribution in [3.05, 3.63) is 53.8 Å². The van der Waals surface area contributed by atoms with Gasteiger partial charge in [0.25, 0.3) is 0 Å². The first-order valence-electron chi connectivity index (χ1n) is 8.47. The summed E-state index contributed by atoms with van der Waals surface area (Å²) in [6.45, 7) is 0.255. The lowest BCUT2D eigenvalue weighted by atomic mass is 10.2. The Labute approximate surface area is 164 Å². The van der Waals surface area contributed by atoms with Gasteiger partial charge in [0, 0.05) is 32.6 Å². The van der Waals surface area contributed by atoms with Gasteiger partial charge < -0.3 is 14.4 Å². The van der Waals surface area contributed by atoms with Crippen LogP contribution in [-0.2, 0) is 21.4 Å². The Morgan fingerprint density at radius 2 is 1.71 bits per heavy atom. The van der Waals surface area contributed by atoms with Crippen molar-refractivity contribution in [3.63, 3.8) is 0 Å². The quantitative estimate of drug-likeness (QED) is 0.685. The summed E-state index contributed by atoms with van der Waals surface area (Å²) < 4.78 is 50.3. The van der Waals surface area contributed by atoms with Crippen molar-refractivity contribution >= 4 is 15.9 Å². The number of carbonyl (C=O) groups is 1. The van der Waals surface area contributed by atoms with Crippen molar-refractivity contribution in [1.29, 1.82) is 0 Å². The van der Waals surface area contributed by atoms with Crippen LogP contribution in [0.25, 0.3) is 0 Å². The molecule has 7 nitrogen and oxygen atoms in total. The first kappa shape index (κ1) is 21.6. The zero-order valence-corrected chi connectivity index (χ0v) is 16.8. The minimum absolute atomic E-state index is 0.00971. The molecule has 0 unspecified atom stereocenters. The lowest BCUT2D eigenvalue weighted by Crippen LogP contribution is -2.32. The van der Waals surface area contributed by atoms with Gasteiger partial charge in [0.05, 0.1) is 19.1 Å². The first-order chi connectivity index (χ1) is 13.3. The monoisotopic (exact) mass is 410 g/mol. The van der Waals surface area contributed by atoms with Gasteiger partial charge in [-0.05, 0) is 29.8 Å². The molecule has 0 aromatic heterocycles. The van der Waals surface area contributed by atoms with Gasteiger partial charge in [0.15, 0.2) is 11.5 Å². The van der Waals surface area contributed by atoms with E-state index >= 15 is 0 Å². The Hall–Kier alpha value is -2.65. The summed E-state index contributed by atoms with van der Waals surface area (Å²) in [5, 5.41) is 0. The van der Waals surface area contributed by atoms with Gasteiger partial charge >= 0.3 is 0 Å². The average Bonchev–Trinajstić information content (AvgIpc) is 2.68. The number of ether oxygens (including phenoxy) is 2. The second-order valence-corrected chi connectivity index (χ2v) is 7.81. The maximum atomic E-state index is 12.9. The zero-order valence-electron chi connectivity index (χ0n) is 15.9. The molecule has 0 aliphatic rings. The predicted molar refractivity (Wildman–Crippen MR) is 102 cm³/mol. The molecule has 0 radical (unpaired) electrons. The van der Waals surface area contributed by atoms with Gasteiger partial charge in [-0.1, -0.05) is 12.1 Å². The number of sulfonamides is 1. The largest absolute Gasteiger partial charge is 0.493 e. The second kappa shape index (κ2) is 9.52. The number of halogens is 1. The highest BCUT2D eigenvalue weighted by Gasteiger charge is 2.18. The topological polar surface area (TPSA) is 84.9 Å². The number of hydrogen-bond donors (Lipinski definition) is 1. The summed E-state index contributed by atoms with van der Waals surface area (Å²) in [6, 6.07) is 10.1. The van der Waals surface area contributed by atoms with E-state index in [1.54, 1.807) is 19.2 Å². The number of nitrogens with one attached hydrogen (secondary N) is 1. The second-order valence-electron chi connectivity index (χ2n) is 6.04. The number of benzene rings is 2. The molecule has 0 aliphatic carbocycles. The fourth-order valence-corrected chi connectivity index (χ4v) is 3.55. The van der Waals surface area contributed by atoms with Crippen molar-refractivity contribution in [1.82, 2.24) is 9.62 Å². The third-order valence-electron chi connectivity index (χ3n) is 4.06. The van der Waals surface area contributed by atoms with E-state index in [1.807, 2.05) is 0 Å². The molecule has 2 rings (SSSR count). The Morgan fingerprint density at radius 1 is 1.07 bits per heavy atom. The van der Waals surface area contributed by atoms with Gasteiger partial charge in [0.1, 0.15) is 5.82 Å². The minimum Gasteiger partial charge on any atom is -0.493 e. The molecule has 0 bridgehead atoms. The number of rotatable bonds is 9. The van der Waals surface area contributed by atoms with Gasteiger partial charge in [-0.25, -0.2) is 17.5 Å². The molecule has 9 heteroatoms. The average molecular weight is 410 g/mol. The molecule has 152 valence electrons. The molecule has 0 spiro atoms. The molecule has 0 saturated carbocycles. The van der Waals surface area contributed by atoms with Crippen LogP contribution in [0, 0.1) is 5.82 Å². The fourth-order valence-electron chi connectivity index (χ4n) is 2.50. The summed E-state index contributed by atoms with van der Waals surface area (Å²) in [6.07, 6.45) is -0.00971. The lowest BCUT2D eigenvalue weighted by Gasteiger charge is -2.17. The summed E-state index contributed by atoms with van der Waals surface area (Å²) in [5.41, 5.74) is 0.781. The van der Waals surface area contributed by atoms with Gasteiger partial charge in [-0.2, -0.15) is 0 Å². The van der Waals surface area contributed by atoms with E-state index in [2.05, 4.69) is 4.72 Å². The molecule has 0 fully saturated rings. The molecule has 0 saturated heterocycles. The smallest absolute Gasteiger partial charge is 0.240 e. The number of hydrogen-bond acceptors (Lipinski definition) is 5. The van der Waals surface area contributed by atoms with Crippen molar-refractivity contribution in [2.45, 2.75) is 17.9 Å². The Kier molecular flexibility index (Phi) is 7.36. The van der Waals surface area contributed by atoms with Crippen LogP contribution in [0.3, 0.4) is 0 Å². The van der Waals surface area contributed by atoms with Crippen LogP contribution in [-0.4, -0.2) is 47.0 Å². The summed E-state index contributed by atoms with van der Waals surface area (Å²) in [4.78, 5) is 13.7. The molecule has 0 atom stereocenters. The highest BCUT2D eigenvalue weighted by Crippen LogP contribution is 2.29. The third kappa shape index (κ3) is 5.67. The molecular formula is C19H23FN2O5S. The van der Waals surface area contributed by atoms with Crippen LogP contribution in [0.5, 0.6) is 11.5 Å². The molecule has 1 N–H and O–H groups in total. The zero-order chi connectivity index (χ0) is 20.7. The molecule has 0 aliphatic heterocycles. The molecule has 0 heterocycles. The molecule has 2 aromatic carbocycles. The maximum Gasteiger partial charge on any atom is 0.240 e. The Balaban J connectivity index is 1.92. The van der Waals surface area contributed by atoms with Crippen molar-refractivity contribution in [3.8, 4) is 11.5 Å². The van der Waals surface area contributed by atoms with Crippen molar-refractivity contribution < 1.29 is 27.1 Å². The third-order valence-corrected chi connectivity index (χ3v) is 5.51. The highest BCUT2D eigenvalue weighted by molar-refractivity contribution is 7.89. The minimum atomic E-state index is -3.80. The Morgan fingerprint density at radius 3 is 2.32 bits per heavy atom. The van der Waals surface area contributed by atoms with E-state index in [1.165, 1.54) is 49.5 Å². The molecule has 28 heavy (non-hydrogen) atoms. The van der Waals surface area contributed by atoms with Crippen molar-refractivity contribution in [2.75, 3.05) is 27.8 Å². The van der Waals surface area contributed by atoms with Crippen LogP contribution in [0.2, 0.25) is 0 Å². The molecule has 2 aromatic rings. The Bertz CT molecular complexity index is 916. The van der Waals surface area contributed by atoms with Crippen LogP contribution in [0.15, 0.2) is 47.4 Å². The van der Waals surface area contributed by atoms with E-state index < -0.39 is 10.0 Å². The first-order valence-corrected chi connectivity index (χ1v) is 9.95. The standard InChI is InChI=1S/C19H23FN2O5S/c1-22(13-14-4-6-15(20)7-5-14)19(23)10-11-21-28(24,25)16-8-9-17(26-2)18(12-16)27-3/h4-9,12,21H,10-11,13H2,1-3H3.